The van der Waals surface area contributed by atoms with Gasteiger partial charge < -0.3 is 0 Å². The molecule has 0 fully saturated rings. The van der Waals surface area contributed by atoms with E-state index < -0.39 is 12.2 Å². The molecule has 0 radical (unpaired) electrons. The van der Waals surface area contributed by atoms with Crippen LogP contribution in [0.2, 0.25) is 10.0 Å². The van der Waals surface area contributed by atoms with Gasteiger partial charge in [-0.3, -0.25) is 0 Å². The molecule has 0 heterocycles. The maximum absolute atomic E-state index is 13.2. The monoisotopic (exact) mass is 290 g/mol. The molecule has 0 aliphatic heterocycles. The fraction of sp³-hybridized carbons (Fsp3) is 0.0769. The fourth-order valence-electron chi connectivity index (χ4n) is 1.66. The summed E-state index contributed by atoms with van der Waals surface area (Å²) in [5, 5.41) is 0.591. The standard InChI is InChI=1S/C13H7Cl2F3/c14-7-1-3-9(12(15)5-7)11-6-8(16)2-4-10(11)13(17)18/h1-6,13H. The van der Waals surface area contributed by atoms with Crippen LogP contribution >= 0.6 is 23.2 Å². The molecular formula is C13H7Cl2F3. The molecule has 18 heavy (non-hydrogen) atoms. The molecule has 0 bridgehead atoms. The Labute approximate surface area is 112 Å². The van der Waals surface area contributed by atoms with Crippen LogP contribution in [0.15, 0.2) is 36.4 Å². The second-order valence-corrected chi connectivity index (χ2v) is 4.50. The van der Waals surface area contributed by atoms with Crippen molar-refractivity contribution in [1.82, 2.24) is 0 Å². The minimum absolute atomic E-state index is 0.0756. The van der Waals surface area contributed by atoms with Crippen LogP contribution in [0.25, 0.3) is 11.1 Å². The Morgan fingerprint density at radius 1 is 0.889 bits per heavy atom. The normalized spacial score (nSPS) is 11.0. The van der Waals surface area contributed by atoms with Crippen LogP contribution in [0.4, 0.5) is 13.2 Å². The van der Waals surface area contributed by atoms with Gasteiger partial charge in [-0.1, -0.05) is 29.3 Å². The van der Waals surface area contributed by atoms with E-state index in [2.05, 4.69) is 0 Å². The van der Waals surface area contributed by atoms with Crippen molar-refractivity contribution in [3.8, 4) is 11.1 Å². The molecule has 5 heteroatoms. The van der Waals surface area contributed by atoms with Gasteiger partial charge in [0, 0.05) is 21.2 Å². The van der Waals surface area contributed by atoms with E-state index >= 15 is 0 Å². The highest BCUT2D eigenvalue weighted by Crippen LogP contribution is 2.36. The van der Waals surface area contributed by atoms with Crippen LogP contribution < -0.4 is 0 Å². The van der Waals surface area contributed by atoms with Gasteiger partial charge in [0.25, 0.3) is 6.43 Å². The third kappa shape index (κ3) is 2.62. The summed E-state index contributed by atoms with van der Waals surface area (Å²) < 4.78 is 38.9. The fourth-order valence-corrected chi connectivity index (χ4v) is 2.17. The topological polar surface area (TPSA) is 0 Å². The molecule has 0 amide bonds. The molecule has 2 aromatic carbocycles. The highest BCUT2D eigenvalue weighted by molar-refractivity contribution is 6.36. The van der Waals surface area contributed by atoms with Crippen molar-refractivity contribution in [2.24, 2.45) is 0 Å². The summed E-state index contributed by atoms with van der Waals surface area (Å²) in [7, 11) is 0. The summed E-state index contributed by atoms with van der Waals surface area (Å²) in [6.45, 7) is 0. The Morgan fingerprint density at radius 3 is 2.22 bits per heavy atom. The molecule has 0 unspecified atom stereocenters. The molecule has 0 saturated carbocycles. The van der Waals surface area contributed by atoms with E-state index in [4.69, 9.17) is 23.2 Å². The maximum Gasteiger partial charge on any atom is 0.264 e. The number of alkyl halides is 2. The summed E-state index contributed by atoms with van der Waals surface area (Å²) in [6.07, 6.45) is -2.70. The first-order chi connectivity index (χ1) is 8.49. The molecular weight excluding hydrogens is 284 g/mol. The quantitative estimate of drug-likeness (QED) is 0.662. The first kappa shape index (κ1) is 13.2. The predicted molar refractivity (Wildman–Crippen MR) is 66.8 cm³/mol. The third-order valence-corrected chi connectivity index (χ3v) is 3.02. The van der Waals surface area contributed by atoms with Crippen molar-refractivity contribution >= 4 is 23.2 Å². The smallest absolute Gasteiger partial charge is 0.207 e. The molecule has 0 spiro atoms. The average molecular weight is 291 g/mol. The van der Waals surface area contributed by atoms with E-state index in [1.165, 1.54) is 18.2 Å². The molecule has 0 saturated heterocycles. The molecule has 94 valence electrons. The van der Waals surface area contributed by atoms with Gasteiger partial charge >= 0.3 is 0 Å². The molecule has 0 atom stereocenters. The lowest BCUT2D eigenvalue weighted by Gasteiger charge is -2.11. The number of halogens is 5. The van der Waals surface area contributed by atoms with Crippen LogP contribution in [0, 0.1) is 5.82 Å². The van der Waals surface area contributed by atoms with Crippen molar-refractivity contribution in [3.05, 3.63) is 57.8 Å². The van der Waals surface area contributed by atoms with Crippen molar-refractivity contribution < 1.29 is 13.2 Å². The zero-order valence-electron chi connectivity index (χ0n) is 8.93. The lowest BCUT2D eigenvalue weighted by atomic mass is 9.99. The van der Waals surface area contributed by atoms with Gasteiger partial charge in [0.1, 0.15) is 5.82 Å². The van der Waals surface area contributed by atoms with E-state index in [9.17, 15) is 13.2 Å². The lowest BCUT2D eigenvalue weighted by molar-refractivity contribution is 0.152. The van der Waals surface area contributed by atoms with Crippen LogP contribution in [-0.2, 0) is 0 Å². The van der Waals surface area contributed by atoms with Crippen LogP contribution in [0.1, 0.15) is 12.0 Å². The SMILES string of the molecule is Fc1ccc(C(F)F)c(-c2ccc(Cl)cc2Cl)c1. The molecule has 0 nitrogen and oxygen atoms in total. The van der Waals surface area contributed by atoms with E-state index in [1.807, 2.05) is 0 Å². The van der Waals surface area contributed by atoms with Crippen LogP contribution in [-0.4, -0.2) is 0 Å². The van der Waals surface area contributed by atoms with Gasteiger partial charge in [-0.2, -0.15) is 0 Å². The van der Waals surface area contributed by atoms with Gasteiger partial charge in [-0.25, -0.2) is 13.2 Å². The zero-order valence-corrected chi connectivity index (χ0v) is 10.4. The van der Waals surface area contributed by atoms with Gasteiger partial charge in [0.15, 0.2) is 0 Å². The summed E-state index contributed by atoms with van der Waals surface area (Å²) in [4.78, 5) is 0. The second kappa shape index (κ2) is 5.21. The lowest BCUT2D eigenvalue weighted by Crippen LogP contribution is -1.92. The maximum atomic E-state index is 13.2. The highest BCUT2D eigenvalue weighted by Gasteiger charge is 2.16. The second-order valence-electron chi connectivity index (χ2n) is 3.66. The molecule has 0 aromatic heterocycles. The Balaban J connectivity index is 2.65. The van der Waals surface area contributed by atoms with Gasteiger partial charge in [-0.15, -0.1) is 0 Å². The van der Waals surface area contributed by atoms with Crippen LogP contribution in [0.5, 0.6) is 0 Å². The molecule has 0 aliphatic rings. The average Bonchev–Trinajstić information content (AvgIpc) is 2.28. The van der Waals surface area contributed by atoms with E-state index in [1.54, 1.807) is 0 Å². The number of benzene rings is 2. The predicted octanol–water partition coefficient (Wildman–Crippen LogP) is 5.74. The van der Waals surface area contributed by atoms with Gasteiger partial charge in [-0.05, 0) is 35.9 Å². The Bertz CT molecular complexity index is 582. The van der Waals surface area contributed by atoms with E-state index in [0.29, 0.717) is 10.6 Å². The van der Waals surface area contributed by atoms with Gasteiger partial charge in [0.2, 0.25) is 0 Å². The largest absolute Gasteiger partial charge is 0.264 e. The van der Waals surface area contributed by atoms with Gasteiger partial charge in [0.05, 0.1) is 0 Å². The summed E-state index contributed by atoms with van der Waals surface area (Å²) in [5.74, 6) is -0.597. The highest BCUT2D eigenvalue weighted by atomic mass is 35.5. The molecule has 2 aromatic rings. The zero-order chi connectivity index (χ0) is 13.3. The van der Waals surface area contributed by atoms with Crippen molar-refractivity contribution in [2.45, 2.75) is 6.43 Å². The minimum atomic E-state index is -2.70. The molecule has 0 N–H and O–H groups in total. The number of hydrogen-bond acceptors (Lipinski definition) is 0. The van der Waals surface area contributed by atoms with E-state index in [0.717, 1.165) is 18.2 Å². The van der Waals surface area contributed by atoms with E-state index in [-0.39, 0.29) is 16.1 Å². The first-order valence-electron chi connectivity index (χ1n) is 5.02. The number of hydrogen-bond donors (Lipinski definition) is 0. The summed E-state index contributed by atoms with van der Waals surface area (Å²) >= 11 is 11.7. The van der Waals surface area contributed by atoms with Crippen molar-refractivity contribution in [2.75, 3.05) is 0 Å². The van der Waals surface area contributed by atoms with Crippen molar-refractivity contribution in [3.63, 3.8) is 0 Å². The Hall–Kier alpha value is -1.19. The summed E-state index contributed by atoms with van der Waals surface area (Å²) in [5.41, 5.74) is 0.142. The number of rotatable bonds is 2. The Kier molecular flexibility index (Phi) is 3.83. The summed E-state index contributed by atoms with van der Waals surface area (Å²) in [6, 6.07) is 7.53. The van der Waals surface area contributed by atoms with Crippen molar-refractivity contribution in [1.29, 1.82) is 0 Å². The Morgan fingerprint density at radius 2 is 1.61 bits per heavy atom. The third-order valence-electron chi connectivity index (χ3n) is 2.47. The minimum Gasteiger partial charge on any atom is -0.207 e. The molecule has 2 rings (SSSR count). The molecule has 0 aliphatic carbocycles. The first-order valence-corrected chi connectivity index (χ1v) is 5.77. The van der Waals surface area contributed by atoms with Crippen LogP contribution in [0.3, 0.4) is 0 Å².